The molecule has 0 aliphatic carbocycles. The van der Waals surface area contributed by atoms with Gasteiger partial charge in [-0.2, -0.15) is 0 Å². The largest absolute Gasteiger partial charge is 0.317 e. The average molecular weight is 473 g/mol. The fourth-order valence-electron chi connectivity index (χ4n) is 1.30. The zero-order valence-electron chi connectivity index (χ0n) is 9.12. The zero-order valence-corrected chi connectivity index (χ0v) is 14.4. The van der Waals surface area contributed by atoms with E-state index >= 15 is 0 Å². The van der Waals surface area contributed by atoms with Crippen LogP contribution in [0.5, 0.6) is 0 Å². The summed E-state index contributed by atoms with van der Waals surface area (Å²) < 4.78 is 1.61. The van der Waals surface area contributed by atoms with Crippen molar-refractivity contribution in [3.05, 3.63) is 48.4 Å². The summed E-state index contributed by atoms with van der Waals surface area (Å²) >= 11 is 17.2. The molecule has 4 nitrogen and oxygen atoms in total. The Bertz CT molecular complexity index is 634. The van der Waals surface area contributed by atoms with Crippen LogP contribution in [0.4, 0.5) is 5.69 Å². The van der Waals surface area contributed by atoms with Crippen LogP contribution in [0.15, 0.2) is 29.0 Å². The molecule has 1 aromatic carbocycles. The van der Waals surface area contributed by atoms with E-state index in [1.807, 2.05) is 6.07 Å². The van der Waals surface area contributed by atoms with Crippen LogP contribution in [0.25, 0.3) is 0 Å². The van der Waals surface area contributed by atoms with Crippen molar-refractivity contribution in [1.82, 2.24) is 9.97 Å². The number of amides is 1. The third-order valence-electron chi connectivity index (χ3n) is 2.17. The summed E-state index contributed by atoms with van der Waals surface area (Å²) in [5.41, 5.74) is 0.671. The summed E-state index contributed by atoms with van der Waals surface area (Å²) in [7, 11) is 0. The molecule has 1 heterocycles. The molecular weight excluding hydrogens is 468 g/mol. The summed E-state index contributed by atoms with van der Waals surface area (Å²) in [4.78, 5) is 19.7. The average Bonchev–Trinajstić information content (AvgIpc) is 2.37. The number of carbonyl (C=O) groups excluding carboxylic acids is 1. The van der Waals surface area contributed by atoms with Gasteiger partial charge in [-0.05, 0) is 56.7 Å². The van der Waals surface area contributed by atoms with Crippen LogP contribution in [0, 0.1) is 3.57 Å². The Morgan fingerprint density at radius 1 is 1.26 bits per heavy atom. The molecule has 98 valence electrons. The van der Waals surface area contributed by atoms with Crippen LogP contribution < -0.4 is 5.32 Å². The van der Waals surface area contributed by atoms with E-state index in [4.69, 9.17) is 23.2 Å². The smallest absolute Gasteiger partial charge is 0.257 e. The molecule has 0 saturated heterocycles. The van der Waals surface area contributed by atoms with E-state index in [9.17, 15) is 4.79 Å². The SMILES string of the molecule is O=C(Nc1c(Cl)ncnc1Cl)c1cc(I)ccc1Br. The second kappa shape index (κ2) is 6.34. The quantitative estimate of drug-likeness (QED) is 0.520. The zero-order chi connectivity index (χ0) is 14.0. The van der Waals surface area contributed by atoms with Gasteiger partial charge < -0.3 is 5.32 Å². The normalized spacial score (nSPS) is 10.3. The molecule has 0 fully saturated rings. The molecule has 0 unspecified atom stereocenters. The summed E-state index contributed by atoms with van der Waals surface area (Å²) in [6.45, 7) is 0. The van der Waals surface area contributed by atoms with Crippen molar-refractivity contribution >= 4 is 73.3 Å². The molecule has 0 saturated carbocycles. The lowest BCUT2D eigenvalue weighted by atomic mass is 10.2. The summed E-state index contributed by atoms with van der Waals surface area (Å²) in [5.74, 6) is -0.344. The number of nitrogens with zero attached hydrogens (tertiary/aromatic N) is 2. The molecule has 0 spiro atoms. The van der Waals surface area contributed by atoms with Crippen LogP contribution in [0.3, 0.4) is 0 Å². The molecule has 0 bridgehead atoms. The summed E-state index contributed by atoms with van der Waals surface area (Å²) in [5, 5.41) is 2.79. The molecule has 2 aromatic rings. The highest BCUT2D eigenvalue weighted by atomic mass is 127. The van der Waals surface area contributed by atoms with Gasteiger partial charge in [0.1, 0.15) is 12.0 Å². The van der Waals surface area contributed by atoms with E-state index in [1.54, 1.807) is 12.1 Å². The van der Waals surface area contributed by atoms with Crippen molar-refractivity contribution in [3.8, 4) is 0 Å². The first-order valence-corrected chi connectivity index (χ1v) is 7.54. The van der Waals surface area contributed by atoms with Crippen molar-refractivity contribution in [1.29, 1.82) is 0 Å². The Labute approximate surface area is 141 Å². The number of hydrogen-bond donors (Lipinski definition) is 1. The van der Waals surface area contributed by atoms with Gasteiger partial charge in [-0.15, -0.1) is 0 Å². The molecule has 0 atom stereocenters. The molecule has 2 rings (SSSR count). The Morgan fingerprint density at radius 2 is 1.89 bits per heavy atom. The first-order valence-electron chi connectivity index (χ1n) is 4.91. The Kier molecular flexibility index (Phi) is 4.99. The molecule has 0 aliphatic heterocycles. The number of carbonyl (C=O) groups is 1. The first-order chi connectivity index (χ1) is 8.99. The van der Waals surface area contributed by atoms with Gasteiger partial charge in [0.15, 0.2) is 10.3 Å². The maximum atomic E-state index is 12.2. The molecule has 1 aromatic heterocycles. The second-order valence-corrected chi connectivity index (χ2v) is 6.22. The second-order valence-electron chi connectivity index (χ2n) is 3.41. The summed E-state index contributed by atoms with van der Waals surface area (Å²) in [6.07, 6.45) is 1.22. The number of aromatic nitrogens is 2. The van der Waals surface area contributed by atoms with E-state index in [-0.39, 0.29) is 21.9 Å². The van der Waals surface area contributed by atoms with Crippen molar-refractivity contribution in [3.63, 3.8) is 0 Å². The van der Waals surface area contributed by atoms with Crippen LogP contribution in [0.2, 0.25) is 10.3 Å². The lowest BCUT2D eigenvalue weighted by Crippen LogP contribution is -2.14. The van der Waals surface area contributed by atoms with E-state index in [0.29, 0.717) is 10.0 Å². The predicted octanol–water partition coefficient (Wildman–Crippen LogP) is 4.40. The van der Waals surface area contributed by atoms with E-state index in [0.717, 1.165) is 3.57 Å². The Balaban J connectivity index is 2.34. The highest BCUT2D eigenvalue weighted by Crippen LogP contribution is 2.27. The third kappa shape index (κ3) is 3.56. The number of halogens is 4. The van der Waals surface area contributed by atoms with Gasteiger partial charge in [-0.3, -0.25) is 4.79 Å². The number of nitrogens with one attached hydrogen (secondary N) is 1. The number of benzene rings is 1. The Morgan fingerprint density at radius 3 is 2.53 bits per heavy atom. The number of hydrogen-bond acceptors (Lipinski definition) is 3. The number of rotatable bonds is 2. The van der Waals surface area contributed by atoms with Crippen molar-refractivity contribution in [2.45, 2.75) is 0 Å². The molecule has 19 heavy (non-hydrogen) atoms. The van der Waals surface area contributed by atoms with E-state index in [1.165, 1.54) is 6.33 Å². The van der Waals surface area contributed by atoms with Gasteiger partial charge in [-0.1, -0.05) is 23.2 Å². The van der Waals surface area contributed by atoms with E-state index < -0.39 is 0 Å². The minimum absolute atomic E-state index is 0.0927. The molecule has 1 N–H and O–H groups in total. The van der Waals surface area contributed by atoms with Gasteiger partial charge in [0.2, 0.25) is 0 Å². The molecule has 0 aliphatic rings. The van der Waals surface area contributed by atoms with Crippen LogP contribution >= 0.6 is 61.7 Å². The van der Waals surface area contributed by atoms with Crippen molar-refractivity contribution in [2.24, 2.45) is 0 Å². The third-order valence-corrected chi connectivity index (χ3v) is 4.10. The standard InChI is InChI=1S/C11H5BrCl2IN3O/c12-7-2-1-5(15)3-6(7)11(19)18-8-9(13)16-4-17-10(8)14/h1-4H,(H,18,19). The highest BCUT2D eigenvalue weighted by Gasteiger charge is 2.15. The van der Waals surface area contributed by atoms with Gasteiger partial charge >= 0.3 is 0 Å². The van der Waals surface area contributed by atoms with Crippen molar-refractivity contribution < 1.29 is 4.79 Å². The van der Waals surface area contributed by atoms with Crippen LogP contribution in [0.1, 0.15) is 10.4 Å². The van der Waals surface area contributed by atoms with Gasteiger partial charge in [0.25, 0.3) is 5.91 Å². The monoisotopic (exact) mass is 471 g/mol. The fraction of sp³-hybridized carbons (Fsp3) is 0. The Hall–Kier alpha value is -0.440. The lowest BCUT2D eigenvalue weighted by molar-refractivity contribution is 0.102. The van der Waals surface area contributed by atoms with Crippen LogP contribution in [-0.4, -0.2) is 15.9 Å². The fourth-order valence-corrected chi connectivity index (χ4v) is 2.63. The molecule has 8 heteroatoms. The maximum absolute atomic E-state index is 12.2. The minimum Gasteiger partial charge on any atom is -0.317 e. The van der Waals surface area contributed by atoms with Crippen LogP contribution in [-0.2, 0) is 0 Å². The maximum Gasteiger partial charge on any atom is 0.257 e. The van der Waals surface area contributed by atoms with Crippen molar-refractivity contribution in [2.75, 3.05) is 5.32 Å². The molecule has 1 amide bonds. The minimum atomic E-state index is -0.344. The van der Waals surface area contributed by atoms with E-state index in [2.05, 4.69) is 53.8 Å². The molecular formula is C11H5BrCl2IN3O. The predicted molar refractivity (Wildman–Crippen MR) is 86.9 cm³/mol. The first kappa shape index (κ1) is 15.0. The lowest BCUT2D eigenvalue weighted by Gasteiger charge is -2.09. The molecule has 0 radical (unpaired) electrons. The van der Waals surface area contributed by atoms with Gasteiger partial charge in [0.05, 0.1) is 5.56 Å². The van der Waals surface area contributed by atoms with Gasteiger partial charge in [0, 0.05) is 8.04 Å². The highest BCUT2D eigenvalue weighted by molar-refractivity contribution is 14.1. The number of anilines is 1. The summed E-state index contributed by atoms with van der Waals surface area (Å²) in [6, 6.07) is 5.42. The van der Waals surface area contributed by atoms with Gasteiger partial charge in [-0.25, -0.2) is 9.97 Å². The topological polar surface area (TPSA) is 54.9 Å².